The molecule has 0 saturated carbocycles. The highest BCUT2D eigenvalue weighted by Gasteiger charge is 2.34. The minimum Gasteiger partial charge on any atom is -0.275 e. The molecule has 0 spiro atoms. The van der Waals surface area contributed by atoms with Crippen molar-refractivity contribution in [3.05, 3.63) is 0 Å². The van der Waals surface area contributed by atoms with Gasteiger partial charge in [-0.2, -0.15) is 5.10 Å². The van der Waals surface area contributed by atoms with Crippen LogP contribution in [0.3, 0.4) is 0 Å². The van der Waals surface area contributed by atoms with Crippen molar-refractivity contribution >= 4 is 22.5 Å². The Bertz CT molecular complexity index is 161. The fraction of sp³-hybridized carbons (Fsp3) is 0.857. The molecule has 11 heavy (non-hydrogen) atoms. The molecule has 0 saturated heterocycles. The third-order valence-corrected chi connectivity index (χ3v) is 2.28. The third kappa shape index (κ3) is 1.67. The molecule has 0 aromatic rings. The van der Waals surface area contributed by atoms with Gasteiger partial charge in [0.25, 0.3) is 0 Å². The van der Waals surface area contributed by atoms with Crippen LogP contribution in [0.4, 0.5) is 0 Å². The monoisotopic (exact) mass is 219 g/mol. The van der Waals surface area contributed by atoms with Crippen LogP contribution in [0.25, 0.3) is 0 Å². The molecule has 3 nitrogen and oxygen atoms in total. The van der Waals surface area contributed by atoms with Gasteiger partial charge < -0.3 is 0 Å². The van der Waals surface area contributed by atoms with Gasteiger partial charge in [-0.3, -0.25) is 8.93 Å². The number of hydrazone groups is 1. The smallest absolute Gasteiger partial charge is 0.134 e. The zero-order valence-electron chi connectivity index (χ0n) is 7.37. The van der Waals surface area contributed by atoms with Crippen molar-refractivity contribution in [1.82, 2.24) is 8.93 Å². The number of halogens is 1. The van der Waals surface area contributed by atoms with Crippen molar-refractivity contribution in [1.29, 1.82) is 0 Å². The first-order chi connectivity index (χ1) is 4.93. The van der Waals surface area contributed by atoms with Gasteiger partial charge in [-0.25, -0.2) is 0 Å². The maximum atomic E-state index is 4.15. The first-order valence-electron chi connectivity index (χ1n) is 3.64. The quantitative estimate of drug-likeness (QED) is 0.580. The van der Waals surface area contributed by atoms with E-state index in [0.717, 1.165) is 0 Å². The van der Waals surface area contributed by atoms with Crippen LogP contribution in [0.1, 0.15) is 20.8 Å². The average molecular weight is 220 g/mol. The van der Waals surface area contributed by atoms with Crippen LogP contribution in [0.2, 0.25) is 0 Å². The van der Waals surface area contributed by atoms with E-state index >= 15 is 0 Å². The van der Waals surface area contributed by atoms with Crippen LogP contribution in [0, 0.1) is 5.41 Å². The molecule has 1 aliphatic rings. The molecule has 1 rings (SSSR count). The summed E-state index contributed by atoms with van der Waals surface area (Å²) in [4.78, 5) is 0. The average Bonchev–Trinajstić information content (AvgIpc) is 2.08. The minimum absolute atomic E-state index is 0.203. The summed E-state index contributed by atoms with van der Waals surface area (Å²) in [5.74, 6) is 0. The fourth-order valence-corrected chi connectivity index (χ4v) is 2.31. The summed E-state index contributed by atoms with van der Waals surface area (Å²) in [5, 5.41) is 6.11. The number of rotatable bonds is 0. The van der Waals surface area contributed by atoms with E-state index < -0.39 is 0 Å². The molecule has 0 N–H and O–H groups in total. The largest absolute Gasteiger partial charge is 0.275 e. The predicted octanol–water partition coefficient (Wildman–Crippen LogP) is 1.86. The number of hydrogen-bond acceptors (Lipinski definition) is 3. The molecule has 0 radical (unpaired) electrons. The van der Waals surface area contributed by atoms with E-state index in [-0.39, 0.29) is 5.41 Å². The van der Waals surface area contributed by atoms with Crippen molar-refractivity contribution in [3.8, 4) is 0 Å². The van der Waals surface area contributed by atoms with E-state index in [1.54, 1.807) is 6.34 Å². The Balaban J connectivity index is 2.74. The van der Waals surface area contributed by atoms with E-state index in [9.17, 15) is 0 Å². The van der Waals surface area contributed by atoms with Gasteiger partial charge in [-0.05, 0) is 0 Å². The molecule has 0 bridgehead atoms. The first kappa shape index (κ1) is 8.84. The normalized spacial score (nSPS) is 25.0. The topological polar surface area (TPSA) is 18.8 Å². The van der Waals surface area contributed by atoms with Gasteiger partial charge in [0.1, 0.15) is 12.5 Å². The van der Waals surface area contributed by atoms with E-state index in [2.05, 4.69) is 42.0 Å². The van der Waals surface area contributed by atoms with E-state index in [1.807, 2.05) is 16.0 Å². The summed E-state index contributed by atoms with van der Waals surface area (Å²) in [7, 11) is 1.98. The zero-order valence-corrected chi connectivity index (χ0v) is 8.96. The lowest BCUT2D eigenvalue weighted by atomic mass is 9.92. The number of nitrogens with zero attached hydrogens (tertiary/aromatic N) is 3. The van der Waals surface area contributed by atoms with E-state index in [0.29, 0.717) is 6.17 Å². The van der Waals surface area contributed by atoms with Crippen LogP contribution < -0.4 is 0 Å². The standard InChI is InChI=1S/C7H14BrN3/c1-7(2,3)6-10(4)9-5-11(6)8/h5-6H,1-4H3. The van der Waals surface area contributed by atoms with Crippen molar-refractivity contribution in [2.45, 2.75) is 26.9 Å². The van der Waals surface area contributed by atoms with E-state index in [1.165, 1.54) is 0 Å². The lowest BCUT2D eigenvalue weighted by molar-refractivity contribution is 0.101. The molecule has 1 unspecified atom stereocenters. The Morgan fingerprint density at radius 1 is 1.45 bits per heavy atom. The summed E-state index contributed by atoms with van der Waals surface area (Å²) in [6.45, 7) is 6.57. The molecule has 0 amide bonds. The summed E-state index contributed by atoms with van der Waals surface area (Å²) in [6.07, 6.45) is 2.10. The highest BCUT2D eigenvalue weighted by molar-refractivity contribution is 9.07. The summed E-state index contributed by atoms with van der Waals surface area (Å²) < 4.78 is 1.95. The van der Waals surface area contributed by atoms with Crippen molar-refractivity contribution in [2.24, 2.45) is 10.5 Å². The number of hydrogen-bond donors (Lipinski definition) is 0. The zero-order chi connectivity index (χ0) is 8.65. The second-order valence-corrected chi connectivity index (χ2v) is 4.71. The fourth-order valence-electron chi connectivity index (χ4n) is 1.35. The van der Waals surface area contributed by atoms with Crippen LogP contribution in [-0.4, -0.2) is 28.5 Å². The molecular formula is C7H14BrN3. The highest BCUT2D eigenvalue weighted by Crippen LogP contribution is 2.30. The molecule has 1 aliphatic heterocycles. The lowest BCUT2D eigenvalue weighted by Gasteiger charge is -2.34. The van der Waals surface area contributed by atoms with Gasteiger partial charge in [-0.1, -0.05) is 20.8 Å². The van der Waals surface area contributed by atoms with Gasteiger partial charge in [0.05, 0.1) is 16.1 Å². The molecule has 0 aromatic heterocycles. The van der Waals surface area contributed by atoms with Crippen molar-refractivity contribution < 1.29 is 0 Å². The molecule has 0 fully saturated rings. The minimum atomic E-state index is 0.203. The Kier molecular flexibility index (Phi) is 2.14. The Morgan fingerprint density at radius 2 is 2.00 bits per heavy atom. The van der Waals surface area contributed by atoms with Crippen LogP contribution in [0.15, 0.2) is 5.10 Å². The Labute approximate surface area is 76.4 Å². The van der Waals surface area contributed by atoms with Crippen molar-refractivity contribution in [2.75, 3.05) is 7.05 Å². The summed E-state index contributed by atoms with van der Waals surface area (Å²) in [6, 6.07) is 0. The predicted molar refractivity (Wildman–Crippen MR) is 50.3 cm³/mol. The molecule has 64 valence electrons. The molecule has 0 aliphatic carbocycles. The van der Waals surface area contributed by atoms with Crippen LogP contribution in [-0.2, 0) is 0 Å². The maximum absolute atomic E-state index is 4.15. The Hall–Kier alpha value is -0.250. The third-order valence-electron chi connectivity index (χ3n) is 1.71. The lowest BCUT2D eigenvalue weighted by Crippen LogP contribution is -2.42. The summed E-state index contributed by atoms with van der Waals surface area (Å²) >= 11 is 3.42. The Morgan fingerprint density at radius 3 is 2.18 bits per heavy atom. The molecular weight excluding hydrogens is 206 g/mol. The van der Waals surface area contributed by atoms with Gasteiger partial charge >= 0.3 is 0 Å². The molecule has 0 aromatic carbocycles. The van der Waals surface area contributed by atoms with Crippen molar-refractivity contribution in [3.63, 3.8) is 0 Å². The van der Waals surface area contributed by atoms with Crippen LogP contribution in [0.5, 0.6) is 0 Å². The SMILES string of the molecule is CN1N=CN(Br)C1C(C)(C)C. The summed E-state index contributed by atoms with van der Waals surface area (Å²) in [5.41, 5.74) is 0.203. The van der Waals surface area contributed by atoms with Gasteiger partial charge in [0.2, 0.25) is 0 Å². The van der Waals surface area contributed by atoms with Gasteiger partial charge in [0.15, 0.2) is 0 Å². The van der Waals surface area contributed by atoms with Gasteiger partial charge in [0, 0.05) is 12.5 Å². The van der Waals surface area contributed by atoms with Crippen LogP contribution >= 0.6 is 16.1 Å². The maximum Gasteiger partial charge on any atom is 0.134 e. The molecule has 4 heteroatoms. The second-order valence-electron chi connectivity index (χ2n) is 3.89. The first-order valence-corrected chi connectivity index (χ1v) is 4.35. The van der Waals surface area contributed by atoms with Gasteiger partial charge in [-0.15, -0.1) is 0 Å². The second kappa shape index (κ2) is 2.66. The molecule has 1 atom stereocenters. The van der Waals surface area contributed by atoms with E-state index in [4.69, 9.17) is 0 Å². The highest BCUT2D eigenvalue weighted by atomic mass is 79.9. The molecule has 1 heterocycles.